The number of imidazole rings is 1. The van der Waals surface area contributed by atoms with Crippen molar-refractivity contribution in [1.29, 1.82) is 0 Å². The van der Waals surface area contributed by atoms with Gasteiger partial charge in [0.15, 0.2) is 0 Å². The van der Waals surface area contributed by atoms with Gasteiger partial charge >= 0.3 is 0 Å². The zero-order valence-electron chi connectivity index (χ0n) is 11.3. The monoisotopic (exact) mass is 293 g/mol. The number of amides is 1. The number of H-pyrrole nitrogens is 1. The number of carbonyl (C=O) groups is 1. The van der Waals surface area contributed by atoms with E-state index in [-0.39, 0.29) is 11.9 Å². The highest BCUT2D eigenvalue weighted by atomic mass is 35.5. The first-order valence-electron chi connectivity index (χ1n) is 6.31. The lowest BCUT2D eigenvalue weighted by Gasteiger charge is -2.12. The van der Waals surface area contributed by atoms with Crippen molar-refractivity contribution in [3.63, 3.8) is 0 Å². The lowest BCUT2D eigenvalue weighted by molar-refractivity contribution is 0.0938. The van der Waals surface area contributed by atoms with Crippen molar-refractivity contribution in [2.24, 2.45) is 0 Å². The molecule has 6 nitrogen and oxygen atoms in total. The molecule has 106 valence electrons. The molecule has 0 aliphatic rings. The normalized spacial score (nSPS) is 11.9. The molecular weight excluding hydrogens is 278 g/mol. The number of anilines is 1. The Morgan fingerprint density at radius 3 is 2.90 bits per heavy atom. The molecule has 0 fully saturated rings. The number of rotatable bonds is 5. The molecule has 2 aromatic heterocycles. The standard InChI is InChI=1S/C13H16ClN5O/c1-3-15-12-10(14)6-9(7-18-12)13(20)19-8(2)11-16-4-5-17-11/h4-8H,3H2,1-2H3,(H,15,18)(H,16,17)(H,19,20). The number of pyridine rings is 1. The van der Waals surface area contributed by atoms with E-state index >= 15 is 0 Å². The molecule has 1 amide bonds. The van der Waals surface area contributed by atoms with Crippen molar-refractivity contribution >= 4 is 23.3 Å². The maximum atomic E-state index is 12.1. The Balaban J connectivity index is 2.07. The minimum absolute atomic E-state index is 0.218. The molecule has 0 radical (unpaired) electrons. The maximum absolute atomic E-state index is 12.1. The summed E-state index contributed by atoms with van der Waals surface area (Å²) in [5.41, 5.74) is 0.412. The Morgan fingerprint density at radius 2 is 2.30 bits per heavy atom. The largest absolute Gasteiger partial charge is 0.369 e. The highest BCUT2D eigenvalue weighted by Gasteiger charge is 2.14. The Hall–Kier alpha value is -2.08. The maximum Gasteiger partial charge on any atom is 0.253 e. The molecule has 7 heteroatoms. The fourth-order valence-electron chi connectivity index (χ4n) is 1.72. The van der Waals surface area contributed by atoms with Crippen molar-refractivity contribution in [1.82, 2.24) is 20.3 Å². The van der Waals surface area contributed by atoms with Gasteiger partial charge in [-0.1, -0.05) is 11.6 Å². The fourth-order valence-corrected chi connectivity index (χ4v) is 1.96. The highest BCUT2D eigenvalue weighted by Crippen LogP contribution is 2.20. The predicted molar refractivity (Wildman–Crippen MR) is 77.9 cm³/mol. The first-order chi connectivity index (χ1) is 9.61. The van der Waals surface area contributed by atoms with E-state index in [4.69, 9.17) is 11.6 Å². The van der Waals surface area contributed by atoms with Gasteiger partial charge in [-0.15, -0.1) is 0 Å². The van der Waals surface area contributed by atoms with Crippen LogP contribution in [-0.4, -0.2) is 27.4 Å². The molecule has 0 aliphatic carbocycles. The van der Waals surface area contributed by atoms with Crippen LogP contribution in [0.1, 0.15) is 36.1 Å². The van der Waals surface area contributed by atoms with Gasteiger partial charge < -0.3 is 15.6 Å². The molecule has 0 saturated carbocycles. The summed E-state index contributed by atoms with van der Waals surface area (Å²) in [6, 6.07) is 1.38. The van der Waals surface area contributed by atoms with Crippen LogP contribution >= 0.6 is 11.6 Å². The average molecular weight is 294 g/mol. The van der Waals surface area contributed by atoms with Gasteiger partial charge in [0, 0.05) is 25.1 Å². The Morgan fingerprint density at radius 1 is 1.50 bits per heavy atom. The SMILES string of the molecule is CCNc1ncc(C(=O)NC(C)c2ncc[nH]2)cc1Cl. The number of aromatic amines is 1. The highest BCUT2D eigenvalue weighted by molar-refractivity contribution is 6.33. The molecule has 0 bridgehead atoms. The van der Waals surface area contributed by atoms with Crippen LogP contribution in [0.15, 0.2) is 24.7 Å². The molecule has 0 spiro atoms. The van der Waals surface area contributed by atoms with Gasteiger partial charge in [-0.2, -0.15) is 0 Å². The van der Waals surface area contributed by atoms with Gasteiger partial charge in [0.2, 0.25) is 0 Å². The van der Waals surface area contributed by atoms with Crippen molar-refractivity contribution in [3.8, 4) is 0 Å². The molecule has 2 rings (SSSR count). The van der Waals surface area contributed by atoms with Crippen molar-refractivity contribution in [2.45, 2.75) is 19.9 Å². The van der Waals surface area contributed by atoms with Crippen LogP contribution in [0.5, 0.6) is 0 Å². The molecule has 3 N–H and O–H groups in total. The van der Waals surface area contributed by atoms with Crippen LogP contribution in [0.2, 0.25) is 5.02 Å². The molecule has 2 heterocycles. The Labute approximate surface area is 122 Å². The minimum Gasteiger partial charge on any atom is -0.369 e. The van der Waals surface area contributed by atoms with Crippen LogP contribution in [0.3, 0.4) is 0 Å². The predicted octanol–water partition coefficient (Wildman–Crippen LogP) is 2.38. The molecular formula is C13H16ClN5O. The second kappa shape index (κ2) is 6.38. The van der Waals surface area contributed by atoms with Crippen LogP contribution in [0.25, 0.3) is 0 Å². The third-order valence-corrected chi connectivity index (χ3v) is 3.01. The number of nitrogens with zero attached hydrogens (tertiary/aromatic N) is 2. The van der Waals surface area contributed by atoms with Gasteiger partial charge in [-0.05, 0) is 19.9 Å². The van der Waals surface area contributed by atoms with Crippen LogP contribution in [0, 0.1) is 0 Å². The summed E-state index contributed by atoms with van der Waals surface area (Å²) in [4.78, 5) is 23.3. The lowest BCUT2D eigenvalue weighted by Crippen LogP contribution is -2.27. The molecule has 0 aliphatic heterocycles. The molecule has 1 unspecified atom stereocenters. The zero-order valence-corrected chi connectivity index (χ0v) is 12.0. The number of hydrogen-bond acceptors (Lipinski definition) is 4. The van der Waals surface area contributed by atoms with E-state index in [0.29, 0.717) is 28.8 Å². The van der Waals surface area contributed by atoms with Gasteiger partial charge in [-0.3, -0.25) is 4.79 Å². The van der Waals surface area contributed by atoms with Gasteiger partial charge in [0.25, 0.3) is 5.91 Å². The summed E-state index contributed by atoms with van der Waals surface area (Å²) in [5.74, 6) is 1.03. The molecule has 1 atom stereocenters. The topological polar surface area (TPSA) is 82.7 Å². The molecule has 0 aromatic carbocycles. The van der Waals surface area contributed by atoms with E-state index in [2.05, 4.69) is 25.6 Å². The van der Waals surface area contributed by atoms with Crippen LogP contribution in [-0.2, 0) is 0 Å². The fraction of sp³-hybridized carbons (Fsp3) is 0.308. The summed E-state index contributed by atoms with van der Waals surface area (Å²) < 4.78 is 0. The van der Waals surface area contributed by atoms with Gasteiger partial charge in [0.1, 0.15) is 11.6 Å². The number of aromatic nitrogens is 3. The van der Waals surface area contributed by atoms with Gasteiger partial charge in [-0.25, -0.2) is 9.97 Å². The van der Waals surface area contributed by atoms with Crippen molar-refractivity contribution < 1.29 is 4.79 Å². The van der Waals surface area contributed by atoms with E-state index in [0.717, 1.165) is 0 Å². The average Bonchev–Trinajstić information content (AvgIpc) is 2.95. The third kappa shape index (κ3) is 3.27. The second-order valence-electron chi connectivity index (χ2n) is 4.25. The Bertz CT molecular complexity index is 584. The first-order valence-corrected chi connectivity index (χ1v) is 6.69. The summed E-state index contributed by atoms with van der Waals surface area (Å²) in [7, 11) is 0. The van der Waals surface area contributed by atoms with E-state index in [1.165, 1.54) is 6.20 Å². The van der Waals surface area contributed by atoms with E-state index in [1.54, 1.807) is 18.5 Å². The first kappa shape index (κ1) is 14.3. The summed E-state index contributed by atoms with van der Waals surface area (Å²) in [5, 5.41) is 6.26. The summed E-state index contributed by atoms with van der Waals surface area (Å²) in [6.07, 6.45) is 4.84. The van der Waals surface area contributed by atoms with E-state index < -0.39 is 0 Å². The van der Waals surface area contributed by atoms with E-state index in [9.17, 15) is 4.79 Å². The lowest BCUT2D eigenvalue weighted by atomic mass is 10.2. The Kier molecular flexibility index (Phi) is 4.57. The smallest absolute Gasteiger partial charge is 0.253 e. The minimum atomic E-state index is -0.244. The number of carbonyl (C=O) groups excluding carboxylic acids is 1. The molecule has 0 saturated heterocycles. The van der Waals surface area contributed by atoms with E-state index in [1.807, 2.05) is 13.8 Å². The third-order valence-electron chi connectivity index (χ3n) is 2.72. The summed E-state index contributed by atoms with van der Waals surface area (Å²) in [6.45, 7) is 4.51. The number of halogens is 1. The zero-order chi connectivity index (χ0) is 14.5. The quantitative estimate of drug-likeness (QED) is 0.790. The molecule has 2 aromatic rings. The second-order valence-corrected chi connectivity index (χ2v) is 4.66. The van der Waals surface area contributed by atoms with Crippen LogP contribution in [0.4, 0.5) is 5.82 Å². The van der Waals surface area contributed by atoms with Gasteiger partial charge in [0.05, 0.1) is 16.6 Å². The van der Waals surface area contributed by atoms with Crippen molar-refractivity contribution in [3.05, 3.63) is 41.1 Å². The summed E-state index contributed by atoms with van der Waals surface area (Å²) >= 11 is 6.06. The van der Waals surface area contributed by atoms with Crippen molar-refractivity contribution in [2.75, 3.05) is 11.9 Å². The number of nitrogens with one attached hydrogen (secondary N) is 3. The number of hydrogen-bond donors (Lipinski definition) is 3. The van der Waals surface area contributed by atoms with Crippen LogP contribution < -0.4 is 10.6 Å². The molecule has 20 heavy (non-hydrogen) atoms.